The van der Waals surface area contributed by atoms with E-state index in [-0.39, 0.29) is 52.1 Å². The van der Waals surface area contributed by atoms with Gasteiger partial charge in [0.25, 0.3) is 5.91 Å². The van der Waals surface area contributed by atoms with Gasteiger partial charge in [0.05, 0.1) is 22.5 Å². The number of piperidine rings is 1. The molecule has 0 saturated carbocycles. The SMILES string of the molecule is C#CCn1cc(-c2cnc(C(=O)Nc3ccc(C(=O)CC4CCN(C(=O)N5CCCC5)CC4)c(Cl)c3)n2C)c(C(F)(F)F)n1. The number of imidazole rings is 1. The highest BCUT2D eigenvalue weighted by atomic mass is 35.5. The van der Waals surface area contributed by atoms with E-state index in [1.54, 1.807) is 0 Å². The second kappa shape index (κ2) is 12.7. The molecule has 0 bridgehead atoms. The van der Waals surface area contributed by atoms with Crippen molar-refractivity contribution in [3.63, 3.8) is 0 Å². The molecule has 14 heteroatoms. The lowest BCUT2D eigenvalue weighted by Crippen LogP contribution is -2.45. The van der Waals surface area contributed by atoms with Gasteiger partial charge in [-0.25, -0.2) is 9.78 Å². The van der Waals surface area contributed by atoms with Crippen molar-refractivity contribution in [3.05, 3.63) is 52.7 Å². The van der Waals surface area contributed by atoms with Crippen LogP contribution in [-0.4, -0.2) is 73.0 Å². The van der Waals surface area contributed by atoms with Crippen LogP contribution in [0.25, 0.3) is 11.3 Å². The van der Waals surface area contributed by atoms with Gasteiger partial charge in [0, 0.05) is 57.1 Å². The van der Waals surface area contributed by atoms with Crippen LogP contribution in [0, 0.1) is 18.3 Å². The summed E-state index contributed by atoms with van der Waals surface area (Å²) in [5.41, 5.74) is -0.778. The van der Waals surface area contributed by atoms with Crippen LogP contribution in [0.3, 0.4) is 0 Å². The molecule has 4 heterocycles. The Labute approximate surface area is 257 Å². The Kier molecular flexibility index (Phi) is 9.01. The molecule has 44 heavy (non-hydrogen) atoms. The van der Waals surface area contributed by atoms with E-state index in [1.165, 1.54) is 29.8 Å². The minimum absolute atomic E-state index is 0.0240. The summed E-state index contributed by atoms with van der Waals surface area (Å²) in [5.74, 6) is 1.41. The van der Waals surface area contributed by atoms with Gasteiger partial charge in [-0.1, -0.05) is 17.5 Å². The number of urea groups is 1. The summed E-state index contributed by atoms with van der Waals surface area (Å²) >= 11 is 6.43. The topological polar surface area (TPSA) is 105 Å². The Morgan fingerprint density at radius 1 is 1.11 bits per heavy atom. The van der Waals surface area contributed by atoms with E-state index in [0.29, 0.717) is 25.1 Å². The summed E-state index contributed by atoms with van der Waals surface area (Å²) in [6, 6.07) is 4.59. The van der Waals surface area contributed by atoms with E-state index in [2.05, 4.69) is 21.3 Å². The van der Waals surface area contributed by atoms with E-state index < -0.39 is 17.8 Å². The zero-order valence-corrected chi connectivity index (χ0v) is 24.8. The molecule has 10 nitrogen and oxygen atoms in total. The molecule has 5 rings (SSSR count). The molecule has 0 spiro atoms. The summed E-state index contributed by atoms with van der Waals surface area (Å²) in [7, 11) is 1.41. The van der Waals surface area contributed by atoms with Crippen LogP contribution in [0.1, 0.15) is 58.8 Å². The number of aromatic nitrogens is 4. The number of hydrogen-bond donors (Lipinski definition) is 1. The molecular formula is C30H31ClF3N7O3. The lowest BCUT2D eigenvalue weighted by molar-refractivity contribution is -0.141. The second-order valence-electron chi connectivity index (χ2n) is 11.0. The van der Waals surface area contributed by atoms with Crippen molar-refractivity contribution in [2.24, 2.45) is 13.0 Å². The van der Waals surface area contributed by atoms with E-state index in [1.807, 2.05) is 9.80 Å². The van der Waals surface area contributed by atoms with Gasteiger partial charge in [0.1, 0.15) is 6.54 Å². The fourth-order valence-electron chi connectivity index (χ4n) is 5.68. The van der Waals surface area contributed by atoms with Crippen molar-refractivity contribution >= 4 is 35.0 Å². The second-order valence-corrected chi connectivity index (χ2v) is 11.4. The third kappa shape index (κ3) is 6.60. The van der Waals surface area contributed by atoms with Gasteiger partial charge in [-0.3, -0.25) is 14.3 Å². The summed E-state index contributed by atoms with van der Waals surface area (Å²) in [6.45, 7) is 2.68. The number of nitrogens with one attached hydrogen (secondary N) is 1. The summed E-state index contributed by atoms with van der Waals surface area (Å²) in [5, 5.41) is 6.34. The maximum Gasteiger partial charge on any atom is 0.435 e. The maximum atomic E-state index is 13.6. The largest absolute Gasteiger partial charge is 0.435 e. The molecule has 0 unspecified atom stereocenters. The highest BCUT2D eigenvalue weighted by Gasteiger charge is 2.38. The van der Waals surface area contributed by atoms with Crippen LogP contribution in [0.4, 0.5) is 23.7 Å². The first kappa shape index (κ1) is 31.1. The normalized spacial score (nSPS) is 15.8. The van der Waals surface area contributed by atoms with Crippen molar-refractivity contribution in [3.8, 4) is 23.6 Å². The smallest absolute Gasteiger partial charge is 0.325 e. The Bertz CT molecular complexity index is 1610. The number of terminal acetylenes is 1. The van der Waals surface area contributed by atoms with Gasteiger partial charge in [-0.15, -0.1) is 6.42 Å². The number of likely N-dealkylation sites (tertiary alicyclic amines) is 2. The number of halogens is 4. The average Bonchev–Trinajstić information content (AvgIpc) is 3.73. The van der Waals surface area contributed by atoms with Crippen LogP contribution >= 0.6 is 11.6 Å². The summed E-state index contributed by atoms with van der Waals surface area (Å²) in [6.07, 6.45) is 6.63. The van der Waals surface area contributed by atoms with Crippen molar-refractivity contribution in [2.45, 2.75) is 44.8 Å². The Balaban J connectivity index is 1.21. The van der Waals surface area contributed by atoms with E-state index in [0.717, 1.165) is 55.8 Å². The van der Waals surface area contributed by atoms with Crippen LogP contribution in [0.15, 0.2) is 30.6 Å². The monoisotopic (exact) mass is 629 g/mol. The number of ketones is 1. The molecule has 3 aromatic rings. The molecule has 232 valence electrons. The van der Waals surface area contributed by atoms with Crippen molar-refractivity contribution < 1.29 is 27.6 Å². The highest BCUT2D eigenvalue weighted by molar-refractivity contribution is 6.34. The molecule has 0 atom stereocenters. The lowest BCUT2D eigenvalue weighted by atomic mass is 9.90. The number of carbonyl (C=O) groups is 3. The zero-order chi connectivity index (χ0) is 31.6. The standard InChI is InChI=1S/C30H31ClF3N7O3/c1-3-10-41-18-22(26(37-41)30(32,33)34)24-17-35-27(38(24)2)28(43)36-20-6-7-21(23(31)16-20)25(42)15-19-8-13-40(14-9-19)29(44)39-11-4-5-12-39/h1,6-7,16-19H,4-5,8-15H2,2H3,(H,36,43). The molecule has 0 radical (unpaired) electrons. The van der Waals surface area contributed by atoms with Gasteiger partial charge in [-0.2, -0.15) is 18.3 Å². The van der Waals surface area contributed by atoms with E-state index >= 15 is 0 Å². The number of amides is 3. The molecule has 2 aliphatic heterocycles. The minimum atomic E-state index is -4.75. The first-order chi connectivity index (χ1) is 21.0. The third-order valence-electron chi connectivity index (χ3n) is 8.01. The Morgan fingerprint density at radius 3 is 2.43 bits per heavy atom. The number of benzene rings is 1. The van der Waals surface area contributed by atoms with E-state index in [4.69, 9.17) is 18.0 Å². The number of rotatable bonds is 7. The van der Waals surface area contributed by atoms with Crippen LogP contribution in [-0.2, 0) is 19.8 Å². The number of nitrogens with zero attached hydrogens (tertiary/aromatic N) is 6. The molecule has 1 aromatic carbocycles. The van der Waals surface area contributed by atoms with Gasteiger partial charge < -0.3 is 19.7 Å². The first-order valence-electron chi connectivity index (χ1n) is 14.2. The van der Waals surface area contributed by atoms with Crippen LogP contribution in [0.5, 0.6) is 0 Å². The number of alkyl halides is 3. The third-order valence-corrected chi connectivity index (χ3v) is 8.33. The van der Waals surface area contributed by atoms with Crippen molar-refractivity contribution in [2.75, 3.05) is 31.5 Å². The minimum Gasteiger partial charge on any atom is -0.325 e. The molecule has 2 fully saturated rings. The quantitative estimate of drug-likeness (QED) is 0.281. The maximum absolute atomic E-state index is 13.6. The molecule has 2 saturated heterocycles. The van der Waals surface area contributed by atoms with Gasteiger partial charge in [0.2, 0.25) is 0 Å². The molecule has 2 aromatic heterocycles. The van der Waals surface area contributed by atoms with Gasteiger partial charge in [0.15, 0.2) is 17.3 Å². The lowest BCUT2D eigenvalue weighted by Gasteiger charge is -2.34. The number of Topliss-reactive ketones (excluding diaryl/α,β-unsaturated/α-hetero) is 1. The van der Waals surface area contributed by atoms with Crippen molar-refractivity contribution in [1.82, 2.24) is 29.1 Å². The first-order valence-corrected chi connectivity index (χ1v) is 14.6. The molecule has 2 aliphatic rings. The zero-order valence-electron chi connectivity index (χ0n) is 24.0. The molecule has 0 aliphatic carbocycles. The molecule has 3 amide bonds. The number of carbonyl (C=O) groups excluding carboxylic acids is 3. The Hall–Kier alpha value is -4.31. The predicted octanol–water partition coefficient (Wildman–Crippen LogP) is 5.34. The highest BCUT2D eigenvalue weighted by Crippen LogP contribution is 2.36. The van der Waals surface area contributed by atoms with Crippen LogP contribution < -0.4 is 5.32 Å². The average molecular weight is 630 g/mol. The summed E-state index contributed by atoms with van der Waals surface area (Å²) in [4.78, 5) is 46.5. The number of hydrogen-bond acceptors (Lipinski definition) is 5. The molecule has 1 N–H and O–H groups in total. The van der Waals surface area contributed by atoms with E-state index in [9.17, 15) is 27.6 Å². The Morgan fingerprint density at radius 2 is 1.80 bits per heavy atom. The summed E-state index contributed by atoms with van der Waals surface area (Å²) < 4.78 is 43.1. The fourth-order valence-corrected chi connectivity index (χ4v) is 5.96. The number of anilines is 1. The van der Waals surface area contributed by atoms with Gasteiger partial charge in [-0.05, 0) is 49.8 Å². The fraction of sp³-hybridized carbons (Fsp3) is 0.433. The predicted molar refractivity (Wildman–Crippen MR) is 157 cm³/mol. The molecular weight excluding hydrogens is 599 g/mol. The van der Waals surface area contributed by atoms with Crippen molar-refractivity contribution in [1.29, 1.82) is 0 Å². The van der Waals surface area contributed by atoms with Gasteiger partial charge >= 0.3 is 12.2 Å². The van der Waals surface area contributed by atoms with Crippen LogP contribution in [0.2, 0.25) is 5.02 Å².